The molecular weight excluding hydrogens is 407 g/mol. The molecule has 1 rings (SSSR count). The first-order chi connectivity index (χ1) is 14.0. The number of halogens is 3. The number of carboxylic acid groups (broad SMARTS) is 2. The highest BCUT2D eigenvalue weighted by Gasteiger charge is 2.39. The zero-order valence-electron chi connectivity index (χ0n) is 18.0. The van der Waals surface area contributed by atoms with Crippen LogP contribution < -0.4 is 5.32 Å². The molecule has 1 fully saturated rings. The van der Waals surface area contributed by atoms with Gasteiger partial charge in [0.15, 0.2) is 0 Å². The number of aliphatic carboxylic acids is 2. The fourth-order valence-electron chi connectivity index (χ4n) is 3.44. The molecule has 0 bridgehead atoms. The molecule has 0 amide bonds. The number of hydrogen-bond acceptors (Lipinski definition) is 5. The number of alkyl halides is 3. The molecule has 0 aromatic rings. The molecular formula is C20H36F3NO6. The molecule has 3 N–H and O–H groups in total. The Hall–Kier alpha value is -1.39. The van der Waals surface area contributed by atoms with Gasteiger partial charge >= 0.3 is 18.1 Å². The summed E-state index contributed by atoms with van der Waals surface area (Å²) in [7, 11) is 1.70. The van der Waals surface area contributed by atoms with Crippen LogP contribution in [0.1, 0.15) is 65.2 Å². The van der Waals surface area contributed by atoms with Crippen molar-refractivity contribution in [2.24, 2.45) is 5.92 Å². The average Bonchev–Trinajstić information content (AvgIpc) is 2.66. The van der Waals surface area contributed by atoms with Gasteiger partial charge in [-0.3, -0.25) is 10.1 Å². The van der Waals surface area contributed by atoms with Gasteiger partial charge in [0.05, 0.1) is 31.4 Å². The third-order valence-corrected chi connectivity index (χ3v) is 4.98. The molecule has 0 aromatic heterocycles. The second-order valence-electron chi connectivity index (χ2n) is 7.56. The molecule has 1 saturated heterocycles. The van der Waals surface area contributed by atoms with E-state index in [1.807, 2.05) is 0 Å². The van der Waals surface area contributed by atoms with Crippen molar-refractivity contribution < 1.29 is 42.4 Å². The highest BCUT2D eigenvalue weighted by Crippen LogP contribution is 2.26. The van der Waals surface area contributed by atoms with Gasteiger partial charge in [-0.1, -0.05) is 58.8 Å². The van der Waals surface area contributed by atoms with Gasteiger partial charge < -0.3 is 19.7 Å². The summed E-state index contributed by atoms with van der Waals surface area (Å²) in [4.78, 5) is 19.8. The van der Waals surface area contributed by atoms with Crippen LogP contribution >= 0.6 is 0 Å². The summed E-state index contributed by atoms with van der Waals surface area (Å²) in [6, 6.07) is -0.0417. The van der Waals surface area contributed by atoms with E-state index in [0.29, 0.717) is 6.61 Å². The Morgan fingerprint density at radius 3 is 2.10 bits per heavy atom. The van der Waals surface area contributed by atoms with E-state index in [2.05, 4.69) is 19.2 Å². The van der Waals surface area contributed by atoms with E-state index in [-0.39, 0.29) is 30.7 Å². The van der Waals surface area contributed by atoms with Crippen LogP contribution in [0.2, 0.25) is 0 Å². The monoisotopic (exact) mass is 443 g/mol. The van der Waals surface area contributed by atoms with Crippen molar-refractivity contribution in [2.75, 3.05) is 20.3 Å². The number of ether oxygens (including phenoxy) is 2. The number of unbranched alkanes of at least 4 members (excludes halogenated alkanes) is 6. The summed E-state index contributed by atoms with van der Waals surface area (Å²) < 4.78 is 43.3. The van der Waals surface area contributed by atoms with E-state index in [1.54, 1.807) is 7.11 Å². The first-order valence-corrected chi connectivity index (χ1v) is 10.4. The smallest absolute Gasteiger partial charge is 0.480 e. The van der Waals surface area contributed by atoms with Crippen LogP contribution in [0.5, 0.6) is 0 Å². The van der Waals surface area contributed by atoms with Gasteiger partial charge in [-0.25, -0.2) is 4.79 Å². The third-order valence-electron chi connectivity index (χ3n) is 4.98. The molecule has 10 heteroatoms. The maximum absolute atomic E-state index is 10.9. The number of nitrogens with one attached hydrogen (secondary N) is 1. The Morgan fingerprint density at radius 2 is 1.63 bits per heavy atom. The minimum atomic E-state index is -5.08. The number of hydrogen-bond donors (Lipinski definition) is 3. The van der Waals surface area contributed by atoms with Crippen LogP contribution in [0.4, 0.5) is 13.2 Å². The number of carboxylic acids is 2. The third kappa shape index (κ3) is 12.3. The summed E-state index contributed by atoms with van der Waals surface area (Å²) in [5.74, 6) is -3.32. The Morgan fingerprint density at radius 1 is 1.10 bits per heavy atom. The molecule has 1 aliphatic rings. The van der Waals surface area contributed by atoms with Crippen LogP contribution in [-0.2, 0) is 19.1 Å². The Kier molecular flexibility index (Phi) is 14.7. The van der Waals surface area contributed by atoms with Gasteiger partial charge in [0.2, 0.25) is 0 Å². The fraction of sp³-hybridized carbons (Fsp3) is 0.900. The summed E-state index contributed by atoms with van der Waals surface area (Å²) >= 11 is 0. The van der Waals surface area contributed by atoms with E-state index in [4.69, 9.17) is 24.5 Å². The van der Waals surface area contributed by atoms with Crippen molar-refractivity contribution in [1.29, 1.82) is 0 Å². The topological polar surface area (TPSA) is 105 Å². The highest BCUT2D eigenvalue weighted by molar-refractivity contribution is 5.73. The molecule has 7 nitrogen and oxygen atoms in total. The highest BCUT2D eigenvalue weighted by atomic mass is 19.4. The quantitative estimate of drug-likeness (QED) is 0.394. The predicted octanol–water partition coefficient (Wildman–Crippen LogP) is 3.85. The first-order valence-electron chi connectivity index (χ1n) is 10.4. The molecule has 178 valence electrons. The van der Waals surface area contributed by atoms with Crippen LogP contribution in [0, 0.1) is 5.92 Å². The van der Waals surface area contributed by atoms with Crippen LogP contribution in [0.15, 0.2) is 0 Å². The second-order valence-corrected chi connectivity index (χ2v) is 7.56. The zero-order chi connectivity index (χ0) is 23.2. The summed E-state index contributed by atoms with van der Waals surface area (Å²) in [5, 5.41) is 19.2. The van der Waals surface area contributed by atoms with E-state index in [9.17, 15) is 18.0 Å². The van der Waals surface area contributed by atoms with Crippen LogP contribution in [0.25, 0.3) is 0 Å². The molecule has 4 atom stereocenters. The van der Waals surface area contributed by atoms with E-state index < -0.39 is 18.1 Å². The lowest BCUT2D eigenvalue weighted by atomic mass is 9.88. The standard InChI is InChI=1S/C18H35NO4.C2HF3O2/c1-4-5-6-7-8-9-10-11-15-17(19-12-16(20)21)18(22-3)14(2)13-23-15;3-2(4,5)1(6)7/h14-15,17-19H,4-13H2,1-3H3,(H,20,21);(H,6,7)/t14-,15-,17+,18+;/m0./s1. The Labute approximate surface area is 176 Å². The lowest BCUT2D eigenvalue weighted by molar-refractivity contribution is -0.192. The van der Waals surface area contributed by atoms with Crippen molar-refractivity contribution in [2.45, 2.75) is 89.6 Å². The molecule has 0 unspecified atom stereocenters. The van der Waals surface area contributed by atoms with E-state index >= 15 is 0 Å². The van der Waals surface area contributed by atoms with Gasteiger partial charge in [0.25, 0.3) is 0 Å². The van der Waals surface area contributed by atoms with Gasteiger partial charge in [0.1, 0.15) is 0 Å². The van der Waals surface area contributed by atoms with Crippen molar-refractivity contribution in [3.8, 4) is 0 Å². The minimum absolute atomic E-state index is 0.0117. The largest absolute Gasteiger partial charge is 0.490 e. The molecule has 1 aliphatic heterocycles. The SMILES string of the molecule is CCCCCCCCC[C@@H]1OC[C@H](C)[C@@H](OC)[C@@H]1NCC(=O)O.O=C(O)C(F)(F)F. The molecule has 0 saturated carbocycles. The number of carbonyl (C=O) groups is 2. The fourth-order valence-corrected chi connectivity index (χ4v) is 3.44. The maximum Gasteiger partial charge on any atom is 0.490 e. The minimum Gasteiger partial charge on any atom is -0.480 e. The molecule has 30 heavy (non-hydrogen) atoms. The van der Waals surface area contributed by atoms with Crippen molar-refractivity contribution in [3.05, 3.63) is 0 Å². The van der Waals surface area contributed by atoms with Crippen LogP contribution in [-0.4, -0.2) is 66.8 Å². The Balaban J connectivity index is 0.00000103. The first kappa shape index (κ1) is 28.6. The van der Waals surface area contributed by atoms with Gasteiger partial charge in [-0.2, -0.15) is 13.2 Å². The van der Waals surface area contributed by atoms with Crippen molar-refractivity contribution in [1.82, 2.24) is 5.32 Å². The van der Waals surface area contributed by atoms with Gasteiger partial charge in [-0.05, 0) is 6.42 Å². The predicted molar refractivity (Wildman–Crippen MR) is 105 cm³/mol. The maximum atomic E-state index is 10.9. The lowest BCUT2D eigenvalue weighted by Crippen LogP contribution is -2.58. The van der Waals surface area contributed by atoms with Crippen LogP contribution in [0.3, 0.4) is 0 Å². The molecule has 1 heterocycles. The molecule has 0 aliphatic carbocycles. The summed E-state index contributed by atoms with van der Waals surface area (Å²) in [5.41, 5.74) is 0. The summed E-state index contributed by atoms with van der Waals surface area (Å²) in [6.07, 6.45) is 4.85. The van der Waals surface area contributed by atoms with Crippen molar-refractivity contribution in [3.63, 3.8) is 0 Å². The molecule has 0 radical (unpaired) electrons. The van der Waals surface area contributed by atoms with Gasteiger partial charge in [-0.15, -0.1) is 0 Å². The normalized spacial score (nSPS) is 24.1. The Bertz CT molecular complexity index is 490. The zero-order valence-corrected chi connectivity index (χ0v) is 18.0. The van der Waals surface area contributed by atoms with Gasteiger partial charge in [0, 0.05) is 13.0 Å². The average molecular weight is 444 g/mol. The number of rotatable bonds is 12. The second kappa shape index (κ2) is 15.4. The lowest BCUT2D eigenvalue weighted by Gasteiger charge is -2.41. The number of methoxy groups -OCH3 is 1. The van der Waals surface area contributed by atoms with E-state index in [1.165, 1.54) is 38.5 Å². The van der Waals surface area contributed by atoms with E-state index in [0.717, 1.165) is 12.8 Å². The molecule has 0 aromatic carbocycles. The summed E-state index contributed by atoms with van der Waals surface area (Å²) in [6.45, 7) is 4.96. The van der Waals surface area contributed by atoms with Crippen molar-refractivity contribution >= 4 is 11.9 Å². The molecule has 0 spiro atoms.